The standard InChI is InChI=1S/C17H26O3/c1-6-19-14(5)20-17(18)13(4)16-9-7-15(8-10-16)11-12(2)3/h7-10,12-14H,6,11H2,1-5H3. The minimum atomic E-state index is -0.491. The molecule has 3 nitrogen and oxygen atoms in total. The average molecular weight is 278 g/mol. The van der Waals surface area contributed by atoms with E-state index in [0.717, 1.165) is 12.0 Å². The molecule has 0 fully saturated rings. The molecular weight excluding hydrogens is 252 g/mol. The second-order valence-electron chi connectivity index (χ2n) is 5.52. The molecule has 0 heterocycles. The van der Waals surface area contributed by atoms with Crippen LogP contribution in [0.2, 0.25) is 0 Å². The minimum Gasteiger partial charge on any atom is -0.436 e. The van der Waals surface area contributed by atoms with Gasteiger partial charge in [-0.1, -0.05) is 38.1 Å². The van der Waals surface area contributed by atoms with Crippen LogP contribution in [-0.4, -0.2) is 18.9 Å². The molecule has 1 aromatic carbocycles. The summed E-state index contributed by atoms with van der Waals surface area (Å²) in [4.78, 5) is 12.0. The molecule has 112 valence electrons. The molecule has 0 aliphatic carbocycles. The van der Waals surface area contributed by atoms with Crippen molar-refractivity contribution < 1.29 is 14.3 Å². The molecule has 3 heteroatoms. The Bertz CT molecular complexity index is 409. The van der Waals surface area contributed by atoms with Gasteiger partial charge in [-0.2, -0.15) is 0 Å². The van der Waals surface area contributed by atoms with Gasteiger partial charge in [-0.25, -0.2) is 0 Å². The van der Waals surface area contributed by atoms with Crippen LogP contribution >= 0.6 is 0 Å². The predicted octanol–water partition coefficient (Wildman–Crippen LogP) is 3.91. The Kier molecular flexibility index (Phi) is 6.73. The van der Waals surface area contributed by atoms with Crippen molar-refractivity contribution in [3.8, 4) is 0 Å². The molecule has 2 atom stereocenters. The second kappa shape index (κ2) is 8.05. The Labute approximate surface area is 122 Å². The molecule has 1 rings (SSSR count). The predicted molar refractivity (Wildman–Crippen MR) is 80.6 cm³/mol. The van der Waals surface area contributed by atoms with E-state index in [1.165, 1.54) is 5.56 Å². The molecule has 0 radical (unpaired) electrons. The van der Waals surface area contributed by atoms with Crippen LogP contribution in [0.1, 0.15) is 51.7 Å². The maximum atomic E-state index is 12.0. The van der Waals surface area contributed by atoms with E-state index in [9.17, 15) is 4.79 Å². The lowest BCUT2D eigenvalue weighted by Crippen LogP contribution is -2.21. The first-order chi connectivity index (χ1) is 9.43. The van der Waals surface area contributed by atoms with E-state index in [1.807, 2.05) is 26.0 Å². The van der Waals surface area contributed by atoms with E-state index in [-0.39, 0.29) is 11.9 Å². The summed E-state index contributed by atoms with van der Waals surface area (Å²) in [6.07, 6.45) is 0.565. The SMILES string of the molecule is CCOC(C)OC(=O)C(C)c1ccc(CC(C)C)cc1. The summed E-state index contributed by atoms with van der Waals surface area (Å²) in [5.41, 5.74) is 2.28. The summed E-state index contributed by atoms with van der Waals surface area (Å²) in [5, 5.41) is 0. The van der Waals surface area contributed by atoms with Crippen LogP contribution in [-0.2, 0) is 20.7 Å². The Morgan fingerprint density at radius 2 is 1.70 bits per heavy atom. The van der Waals surface area contributed by atoms with Gasteiger partial charge >= 0.3 is 5.97 Å². The fraction of sp³-hybridized carbons (Fsp3) is 0.588. The maximum Gasteiger partial charge on any atom is 0.315 e. The van der Waals surface area contributed by atoms with E-state index in [0.29, 0.717) is 12.5 Å². The first-order valence-corrected chi connectivity index (χ1v) is 7.35. The third-order valence-corrected chi connectivity index (χ3v) is 3.16. The lowest BCUT2D eigenvalue weighted by Gasteiger charge is -2.17. The van der Waals surface area contributed by atoms with Gasteiger partial charge in [0.15, 0.2) is 6.29 Å². The molecule has 0 saturated carbocycles. The molecule has 2 unspecified atom stereocenters. The normalized spacial score (nSPS) is 14.1. The molecule has 0 spiro atoms. The molecule has 20 heavy (non-hydrogen) atoms. The number of rotatable bonds is 7. The number of esters is 1. The van der Waals surface area contributed by atoms with Crippen LogP contribution in [0.5, 0.6) is 0 Å². The van der Waals surface area contributed by atoms with Gasteiger partial charge in [0.25, 0.3) is 0 Å². The third kappa shape index (κ3) is 5.33. The van der Waals surface area contributed by atoms with Gasteiger partial charge in [-0.15, -0.1) is 0 Å². The number of hydrogen-bond acceptors (Lipinski definition) is 3. The summed E-state index contributed by atoms with van der Waals surface area (Å²) in [6, 6.07) is 8.19. The Morgan fingerprint density at radius 1 is 1.10 bits per heavy atom. The van der Waals surface area contributed by atoms with Crippen molar-refractivity contribution >= 4 is 5.97 Å². The quantitative estimate of drug-likeness (QED) is 0.560. The highest BCUT2D eigenvalue weighted by molar-refractivity contribution is 5.77. The van der Waals surface area contributed by atoms with Crippen molar-refractivity contribution in [3.63, 3.8) is 0 Å². The number of benzene rings is 1. The molecule has 0 saturated heterocycles. The number of carbonyl (C=O) groups is 1. The molecule has 0 N–H and O–H groups in total. The highest BCUT2D eigenvalue weighted by Gasteiger charge is 2.19. The van der Waals surface area contributed by atoms with Crippen molar-refractivity contribution in [2.24, 2.45) is 5.92 Å². The van der Waals surface area contributed by atoms with Gasteiger partial charge < -0.3 is 9.47 Å². The number of carbonyl (C=O) groups excluding carboxylic acids is 1. The third-order valence-electron chi connectivity index (χ3n) is 3.16. The van der Waals surface area contributed by atoms with Gasteiger partial charge in [0.05, 0.1) is 5.92 Å². The van der Waals surface area contributed by atoms with E-state index >= 15 is 0 Å². The average Bonchev–Trinajstić information content (AvgIpc) is 2.38. The van der Waals surface area contributed by atoms with Crippen LogP contribution in [0, 0.1) is 5.92 Å². The van der Waals surface area contributed by atoms with E-state index < -0.39 is 6.29 Å². The first-order valence-electron chi connectivity index (χ1n) is 7.35. The zero-order valence-electron chi connectivity index (χ0n) is 13.2. The number of ether oxygens (including phenoxy) is 2. The van der Waals surface area contributed by atoms with Crippen LogP contribution in [0.4, 0.5) is 0 Å². The smallest absolute Gasteiger partial charge is 0.315 e. The molecular formula is C17H26O3. The highest BCUT2D eigenvalue weighted by atomic mass is 16.7. The molecule has 0 amide bonds. The summed E-state index contributed by atoms with van der Waals surface area (Å²) in [5.74, 6) is 0.115. The van der Waals surface area contributed by atoms with Crippen molar-refractivity contribution in [1.82, 2.24) is 0 Å². The monoisotopic (exact) mass is 278 g/mol. The highest BCUT2D eigenvalue weighted by Crippen LogP contribution is 2.19. The molecule has 0 bridgehead atoms. The first kappa shape index (κ1) is 16.7. The summed E-state index contributed by atoms with van der Waals surface area (Å²) in [6.45, 7) is 10.4. The largest absolute Gasteiger partial charge is 0.436 e. The Balaban J connectivity index is 2.62. The summed E-state index contributed by atoms with van der Waals surface area (Å²) < 4.78 is 10.5. The summed E-state index contributed by atoms with van der Waals surface area (Å²) >= 11 is 0. The van der Waals surface area contributed by atoms with Crippen molar-refractivity contribution in [3.05, 3.63) is 35.4 Å². The van der Waals surface area contributed by atoms with Crippen LogP contribution < -0.4 is 0 Å². The fourth-order valence-electron chi connectivity index (χ4n) is 2.08. The van der Waals surface area contributed by atoms with Gasteiger partial charge in [0.2, 0.25) is 0 Å². The number of hydrogen-bond donors (Lipinski definition) is 0. The molecule has 0 aliphatic rings. The molecule has 1 aromatic rings. The summed E-state index contributed by atoms with van der Waals surface area (Å²) in [7, 11) is 0. The fourth-order valence-corrected chi connectivity index (χ4v) is 2.08. The van der Waals surface area contributed by atoms with Crippen molar-refractivity contribution in [2.45, 2.75) is 53.2 Å². The topological polar surface area (TPSA) is 35.5 Å². The van der Waals surface area contributed by atoms with Gasteiger partial charge in [0.1, 0.15) is 0 Å². The van der Waals surface area contributed by atoms with E-state index in [1.54, 1.807) is 6.92 Å². The minimum absolute atomic E-state index is 0.248. The van der Waals surface area contributed by atoms with E-state index in [4.69, 9.17) is 9.47 Å². The van der Waals surface area contributed by atoms with Crippen molar-refractivity contribution in [2.75, 3.05) is 6.61 Å². The second-order valence-corrected chi connectivity index (χ2v) is 5.52. The zero-order chi connectivity index (χ0) is 15.1. The zero-order valence-corrected chi connectivity index (χ0v) is 13.2. The Hall–Kier alpha value is -1.35. The van der Waals surface area contributed by atoms with Crippen LogP contribution in [0.25, 0.3) is 0 Å². The molecule has 0 aromatic heterocycles. The van der Waals surface area contributed by atoms with Gasteiger partial charge in [-0.05, 0) is 44.2 Å². The maximum absolute atomic E-state index is 12.0. The van der Waals surface area contributed by atoms with Gasteiger partial charge in [0, 0.05) is 6.61 Å². The van der Waals surface area contributed by atoms with Crippen LogP contribution in [0.15, 0.2) is 24.3 Å². The molecule has 0 aliphatic heterocycles. The van der Waals surface area contributed by atoms with Crippen molar-refractivity contribution in [1.29, 1.82) is 0 Å². The van der Waals surface area contributed by atoms with Crippen LogP contribution in [0.3, 0.4) is 0 Å². The lowest BCUT2D eigenvalue weighted by atomic mass is 9.97. The van der Waals surface area contributed by atoms with E-state index in [2.05, 4.69) is 26.0 Å². The lowest BCUT2D eigenvalue weighted by molar-refractivity contribution is -0.175. The Morgan fingerprint density at radius 3 is 2.20 bits per heavy atom. The van der Waals surface area contributed by atoms with Gasteiger partial charge in [-0.3, -0.25) is 4.79 Å².